The SMILES string of the molecule is Cc1cc2c(cnn2C2CCCCO2)c(-c2cc3nc(N4CC(N(C)C)C4)nc(N4CCN(C(=O)OC(C)(C)C)[C@@H](CC#N)C4)c3c3c2CCCO3)c1Cl. The minimum Gasteiger partial charge on any atom is -0.492 e. The summed E-state index contributed by atoms with van der Waals surface area (Å²) in [5, 5.41) is 17.2. The van der Waals surface area contributed by atoms with Gasteiger partial charge in [0.1, 0.15) is 17.2 Å². The molecule has 286 valence electrons. The molecule has 6 heterocycles. The molecule has 0 saturated carbocycles. The number of fused-ring (bicyclic) bond motifs is 4. The fourth-order valence-corrected chi connectivity index (χ4v) is 8.49. The van der Waals surface area contributed by atoms with E-state index in [2.05, 4.69) is 47.0 Å². The van der Waals surface area contributed by atoms with Crippen LogP contribution in [-0.2, 0) is 15.9 Å². The number of hydrogen-bond acceptors (Lipinski definition) is 11. The minimum atomic E-state index is -0.646. The fourth-order valence-electron chi connectivity index (χ4n) is 8.23. The van der Waals surface area contributed by atoms with Gasteiger partial charge < -0.3 is 33.8 Å². The van der Waals surface area contributed by atoms with Gasteiger partial charge in [-0.25, -0.2) is 14.5 Å². The zero-order valence-corrected chi connectivity index (χ0v) is 32.9. The molecular formula is C40H50ClN9O4. The summed E-state index contributed by atoms with van der Waals surface area (Å²) in [5.74, 6) is 2.17. The van der Waals surface area contributed by atoms with Crippen LogP contribution in [0.5, 0.6) is 5.75 Å². The second-order valence-corrected chi connectivity index (χ2v) is 16.7. The van der Waals surface area contributed by atoms with Crippen LogP contribution < -0.4 is 14.5 Å². The second kappa shape index (κ2) is 14.4. The minimum absolute atomic E-state index is 0.112. The van der Waals surface area contributed by atoms with Gasteiger partial charge in [0.15, 0.2) is 6.23 Å². The van der Waals surface area contributed by atoms with Gasteiger partial charge in [-0.2, -0.15) is 15.3 Å². The number of nitrogens with zero attached hydrogens (tertiary/aromatic N) is 9. The van der Waals surface area contributed by atoms with Gasteiger partial charge >= 0.3 is 6.09 Å². The number of aromatic nitrogens is 4. The van der Waals surface area contributed by atoms with E-state index in [0.29, 0.717) is 43.3 Å². The molecular weight excluding hydrogens is 706 g/mol. The van der Waals surface area contributed by atoms with E-state index >= 15 is 0 Å². The molecule has 1 amide bonds. The van der Waals surface area contributed by atoms with Crippen LogP contribution in [0.3, 0.4) is 0 Å². The number of carbonyl (C=O) groups is 1. The quantitative estimate of drug-likeness (QED) is 0.208. The van der Waals surface area contributed by atoms with E-state index < -0.39 is 11.7 Å². The van der Waals surface area contributed by atoms with Crippen molar-refractivity contribution in [3.8, 4) is 22.9 Å². The zero-order valence-electron chi connectivity index (χ0n) is 32.2. The van der Waals surface area contributed by atoms with E-state index in [1.807, 2.05) is 38.6 Å². The highest BCUT2D eigenvalue weighted by molar-refractivity contribution is 6.36. The Bertz CT molecular complexity index is 2130. The number of piperazine rings is 1. The topological polar surface area (TPSA) is 125 Å². The van der Waals surface area contributed by atoms with Crippen molar-refractivity contribution >= 4 is 51.3 Å². The normalized spacial score (nSPS) is 20.9. The average molecular weight is 756 g/mol. The van der Waals surface area contributed by atoms with Crippen molar-refractivity contribution in [1.82, 2.24) is 29.5 Å². The Kier molecular flexibility index (Phi) is 9.73. The lowest BCUT2D eigenvalue weighted by atomic mass is 9.89. The predicted molar refractivity (Wildman–Crippen MR) is 210 cm³/mol. The lowest BCUT2D eigenvalue weighted by Gasteiger charge is -2.44. The molecule has 4 aliphatic heterocycles. The maximum Gasteiger partial charge on any atom is 0.410 e. The van der Waals surface area contributed by atoms with E-state index in [9.17, 15) is 10.1 Å². The molecule has 14 heteroatoms. The Morgan fingerprint density at radius 1 is 1.09 bits per heavy atom. The van der Waals surface area contributed by atoms with Crippen molar-refractivity contribution in [3.05, 3.63) is 34.5 Å². The summed E-state index contributed by atoms with van der Waals surface area (Å²) in [6, 6.07) is 6.61. The van der Waals surface area contributed by atoms with Crippen molar-refractivity contribution < 1.29 is 19.0 Å². The van der Waals surface area contributed by atoms with Crippen LogP contribution in [0.2, 0.25) is 5.02 Å². The van der Waals surface area contributed by atoms with Crippen molar-refractivity contribution in [3.63, 3.8) is 0 Å². The number of carbonyl (C=O) groups excluding carboxylic acids is 1. The molecule has 4 aliphatic rings. The van der Waals surface area contributed by atoms with Crippen LogP contribution in [0.4, 0.5) is 16.6 Å². The lowest BCUT2D eigenvalue weighted by Crippen LogP contribution is -2.58. The Morgan fingerprint density at radius 3 is 2.63 bits per heavy atom. The van der Waals surface area contributed by atoms with Crippen LogP contribution in [0, 0.1) is 18.3 Å². The van der Waals surface area contributed by atoms with E-state index in [1.54, 1.807) is 4.90 Å². The number of likely N-dealkylation sites (N-methyl/N-ethyl adjacent to an activating group) is 1. The highest BCUT2D eigenvalue weighted by Gasteiger charge is 2.37. The van der Waals surface area contributed by atoms with Gasteiger partial charge in [-0.1, -0.05) is 11.6 Å². The van der Waals surface area contributed by atoms with Gasteiger partial charge in [0.2, 0.25) is 5.95 Å². The number of nitriles is 1. The van der Waals surface area contributed by atoms with E-state index in [1.165, 1.54) is 0 Å². The molecule has 3 fully saturated rings. The predicted octanol–water partition coefficient (Wildman–Crippen LogP) is 6.72. The summed E-state index contributed by atoms with van der Waals surface area (Å²) < 4.78 is 20.6. The number of benzene rings is 2. The summed E-state index contributed by atoms with van der Waals surface area (Å²) in [6.07, 6.45) is 6.32. The van der Waals surface area contributed by atoms with Crippen LogP contribution >= 0.6 is 11.6 Å². The molecule has 0 radical (unpaired) electrons. The molecule has 1 unspecified atom stereocenters. The van der Waals surface area contributed by atoms with Gasteiger partial charge in [-0.05, 0) is 97.2 Å². The summed E-state index contributed by atoms with van der Waals surface area (Å²) in [7, 11) is 4.19. The Morgan fingerprint density at radius 2 is 1.91 bits per heavy atom. The number of halogens is 1. The fraction of sp³-hybridized carbons (Fsp3) is 0.575. The molecule has 54 heavy (non-hydrogen) atoms. The molecule has 3 saturated heterocycles. The molecule has 2 aromatic carbocycles. The third-order valence-electron chi connectivity index (χ3n) is 11.2. The number of aryl methyl sites for hydroxylation is 1. The number of ether oxygens (including phenoxy) is 3. The molecule has 0 spiro atoms. The molecule has 8 rings (SSSR count). The maximum atomic E-state index is 13.3. The van der Waals surface area contributed by atoms with Crippen molar-refractivity contribution in [2.45, 2.75) is 90.1 Å². The molecule has 0 bridgehead atoms. The Hall–Kier alpha value is -4.38. The second-order valence-electron chi connectivity index (χ2n) is 16.3. The summed E-state index contributed by atoms with van der Waals surface area (Å²) in [6.45, 7) is 11.8. The molecule has 0 N–H and O–H groups in total. The van der Waals surface area contributed by atoms with Crippen molar-refractivity contribution in [2.75, 3.05) is 69.8 Å². The van der Waals surface area contributed by atoms with Crippen LogP contribution in [-0.4, -0.2) is 113 Å². The van der Waals surface area contributed by atoms with Crippen LogP contribution in [0.15, 0.2) is 18.3 Å². The number of rotatable bonds is 6. The highest BCUT2D eigenvalue weighted by Crippen LogP contribution is 2.48. The monoisotopic (exact) mass is 755 g/mol. The summed E-state index contributed by atoms with van der Waals surface area (Å²) in [4.78, 5) is 32.2. The van der Waals surface area contributed by atoms with Gasteiger partial charge in [0.25, 0.3) is 0 Å². The maximum absolute atomic E-state index is 13.3. The molecule has 0 aliphatic carbocycles. The van der Waals surface area contributed by atoms with Gasteiger partial charge in [-0.3, -0.25) is 0 Å². The largest absolute Gasteiger partial charge is 0.492 e. The highest BCUT2D eigenvalue weighted by atomic mass is 35.5. The standard InChI is InChI=1S/C40H50ClN9O4/c1-24-18-31-29(20-43-50(31)32-11-7-8-16-52-32)33(35(24)41)28-19-30-34(36-27(28)10-9-17-53-36)37(45-38(44-30)48-22-26(23-48)46(5)6)47-14-15-49(25(21-47)12-13-42)39(51)54-40(2,3)4/h18-20,25-26,32H,7-12,14-17,21-23H2,1-6H3/t25-,32?/m0/s1. The first kappa shape index (κ1) is 36.6. The van der Waals surface area contributed by atoms with Gasteiger partial charge in [0, 0.05) is 61.9 Å². The lowest BCUT2D eigenvalue weighted by molar-refractivity contribution is -0.0366. The Balaban J connectivity index is 1.29. The average Bonchev–Trinajstić information content (AvgIpc) is 3.53. The van der Waals surface area contributed by atoms with Crippen LogP contribution in [0.1, 0.15) is 70.2 Å². The van der Waals surface area contributed by atoms with Gasteiger partial charge in [0.05, 0.1) is 52.8 Å². The van der Waals surface area contributed by atoms with E-state index in [-0.39, 0.29) is 18.7 Å². The van der Waals surface area contributed by atoms with E-state index in [0.717, 1.165) is 107 Å². The first-order valence-corrected chi connectivity index (χ1v) is 19.6. The zero-order chi connectivity index (χ0) is 37.9. The number of anilines is 2. The number of amides is 1. The number of hydrogen-bond donors (Lipinski definition) is 0. The van der Waals surface area contributed by atoms with Gasteiger partial charge in [-0.15, -0.1) is 0 Å². The molecule has 2 atom stereocenters. The first-order valence-electron chi connectivity index (χ1n) is 19.2. The summed E-state index contributed by atoms with van der Waals surface area (Å²) in [5.41, 5.74) is 5.06. The smallest absolute Gasteiger partial charge is 0.410 e. The third kappa shape index (κ3) is 6.66. The van der Waals surface area contributed by atoms with Crippen LogP contribution in [0.25, 0.3) is 32.9 Å². The van der Waals surface area contributed by atoms with Crippen molar-refractivity contribution in [2.24, 2.45) is 0 Å². The Labute approximate surface area is 321 Å². The van der Waals surface area contributed by atoms with Crippen molar-refractivity contribution in [1.29, 1.82) is 5.26 Å². The molecule has 4 aromatic rings. The molecule has 13 nitrogen and oxygen atoms in total. The van der Waals surface area contributed by atoms with E-state index in [4.69, 9.17) is 40.9 Å². The molecule has 2 aromatic heterocycles. The first-order chi connectivity index (χ1) is 25.9. The third-order valence-corrected chi connectivity index (χ3v) is 11.7. The summed E-state index contributed by atoms with van der Waals surface area (Å²) >= 11 is 7.30.